The summed E-state index contributed by atoms with van der Waals surface area (Å²) in [5.41, 5.74) is 3.30. The van der Waals surface area contributed by atoms with E-state index in [4.69, 9.17) is 11.6 Å². The molecule has 4 aromatic rings. The van der Waals surface area contributed by atoms with Crippen LogP contribution in [0.25, 0.3) is 16.9 Å². The standard InChI is InChI=1S/C22H18ClN5O/c1-15(16-6-3-2-4-7-16)25-22(29)20-21(17-8-5-13-24-14-17)28(27-26-20)19-11-9-18(23)10-12-19/h2-15H,1H3,(H,25,29)/t15-/m0/s1. The predicted octanol–water partition coefficient (Wildman–Crippen LogP) is 4.47. The van der Waals surface area contributed by atoms with Crippen LogP contribution in [0.2, 0.25) is 5.02 Å². The van der Waals surface area contributed by atoms with Gasteiger partial charge in [-0.3, -0.25) is 9.78 Å². The van der Waals surface area contributed by atoms with Crippen molar-refractivity contribution in [1.29, 1.82) is 0 Å². The van der Waals surface area contributed by atoms with Crippen LogP contribution in [0.1, 0.15) is 29.0 Å². The molecule has 0 fully saturated rings. The fraction of sp³-hybridized carbons (Fsp3) is 0.0909. The highest BCUT2D eigenvalue weighted by atomic mass is 35.5. The van der Waals surface area contributed by atoms with E-state index in [-0.39, 0.29) is 17.6 Å². The minimum atomic E-state index is -0.305. The summed E-state index contributed by atoms with van der Waals surface area (Å²) in [5.74, 6) is -0.305. The highest BCUT2D eigenvalue weighted by molar-refractivity contribution is 6.30. The first kappa shape index (κ1) is 18.8. The number of benzene rings is 2. The van der Waals surface area contributed by atoms with Crippen molar-refractivity contribution in [2.24, 2.45) is 0 Å². The van der Waals surface area contributed by atoms with Crippen molar-refractivity contribution < 1.29 is 4.79 Å². The molecule has 0 unspecified atom stereocenters. The number of nitrogens with one attached hydrogen (secondary N) is 1. The summed E-state index contributed by atoms with van der Waals surface area (Å²) in [6, 6.07) is 20.4. The number of hydrogen-bond acceptors (Lipinski definition) is 4. The number of carbonyl (C=O) groups excluding carboxylic acids is 1. The van der Waals surface area contributed by atoms with Crippen molar-refractivity contribution in [3.8, 4) is 16.9 Å². The summed E-state index contributed by atoms with van der Waals surface area (Å²) >= 11 is 6.01. The monoisotopic (exact) mass is 403 g/mol. The average molecular weight is 404 g/mol. The first-order chi connectivity index (χ1) is 14.1. The third-order valence-electron chi connectivity index (χ3n) is 4.54. The van der Waals surface area contributed by atoms with Crippen molar-refractivity contribution in [2.75, 3.05) is 0 Å². The highest BCUT2D eigenvalue weighted by Gasteiger charge is 2.23. The van der Waals surface area contributed by atoms with Crippen molar-refractivity contribution in [2.45, 2.75) is 13.0 Å². The van der Waals surface area contributed by atoms with Gasteiger partial charge in [0, 0.05) is 23.0 Å². The number of aromatic nitrogens is 4. The topological polar surface area (TPSA) is 72.7 Å². The molecule has 7 heteroatoms. The van der Waals surface area contributed by atoms with Gasteiger partial charge in [-0.05, 0) is 48.9 Å². The summed E-state index contributed by atoms with van der Waals surface area (Å²) in [6.45, 7) is 1.93. The number of pyridine rings is 1. The van der Waals surface area contributed by atoms with Gasteiger partial charge in [-0.2, -0.15) is 0 Å². The van der Waals surface area contributed by atoms with Crippen LogP contribution in [0.4, 0.5) is 0 Å². The number of amides is 1. The Bertz CT molecular complexity index is 1110. The molecule has 0 saturated carbocycles. The zero-order valence-electron chi connectivity index (χ0n) is 15.7. The molecule has 0 radical (unpaired) electrons. The van der Waals surface area contributed by atoms with Gasteiger partial charge in [0.25, 0.3) is 5.91 Å². The number of halogens is 1. The van der Waals surface area contributed by atoms with Crippen LogP contribution < -0.4 is 5.32 Å². The lowest BCUT2D eigenvalue weighted by molar-refractivity contribution is 0.0935. The van der Waals surface area contributed by atoms with Gasteiger partial charge in [-0.15, -0.1) is 5.10 Å². The Balaban J connectivity index is 1.73. The molecule has 0 aliphatic carbocycles. The zero-order valence-corrected chi connectivity index (χ0v) is 16.4. The summed E-state index contributed by atoms with van der Waals surface area (Å²) in [6.07, 6.45) is 3.36. The molecule has 2 aromatic heterocycles. The normalized spacial score (nSPS) is 11.8. The van der Waals surface area contributed by atoms with E-state index in [1.54, 1.807) is 29.2 Å². The second-order valence-electron chi connectivity index (χ2n) is 6.52. The molecule has 2 heterocycles. The number of nitrogens with zero attached hydrogens (tertiary/aromatic N) is 4. The first-order valence-electron chi connectivity index (χ1n) is 9.11. The molecular formula is C22H18ClN5O. The molecule has 2 aromatic carbocycles. The Kier molecular flexibility index (Phi) is 5.35. The van der Waals surface area contributed by atoms with E-state index in [0.717, 1.165) is 16.8 Å². The third kappa shape index (κ3) is 4.02. The smallest absolute Gasteiger partial charge is 0.274 e. The Morgan fingerprint density at radius 3 is 2.48 bits per heavy atom. The second kappa shape index (κ2) is 8.24. The number of hydrogen-bond donors (Lipinski definition) is 1. The Morgan fingerprint density at radius 2 is 1.79 bits per heavy atom. The van der Waals surface area contributed by atoms with Crippen LogP contribution >= 0.6 is 11.6 Å². The maximum absolute atomic E-state index is 13.1. The largest absolute Gasteiger partial charge is 0.344 e. The van der Waals surface area contributed by atoms with Gasteiger partial charge in [0.15, 0.2) is 5.69 Å². The lowest BCUT2D eigenvalue weighted by atomic mass is 10.1. The lowest BCUT2D eigenvalue weighted by Gasteiger charge is -2.14. The molecule has 1 amide bonds. The van der Waals surface area contributed by atoms with Gasteiger partial charge < -0.3 is 5.32 Å². The van der Waals surface area contributed by atoms with Crippen molar-refractivity contribution in [1.82, 2.24) is 25.3 Å². The van der Waals surface area contributed by atoms with Gasteiger partial charge in [0.05, 0.1) is 11.7 Å². The van der Waals surface area contributed by atoms with E-state index in [0.29, 0.717) is 10.7 Å². The van der Waals surface area contributed by atoms with Gasteiger partial charge in [-0.1, -0.05) is 47.1 Å². The van der Waals surface area contributed by atoms with Crippen molar-refractivity contribution >= 4 is 17.5 Å². The van der Waals surface area contributed by atoms with E-state index >= 15 is 0 Å². The molecule has 0 aliphatic heterocycles. The van der Waals surface area contributed by atoms with Crippen molar-refractivity contribution in [3.63, 3.8) is 0 Å². The molecule has 0 saturated heterocycles. The molecule has 0 bridgehead atoms. The summed E-state index contributed by atoms with van der Waals surface area (Å²) in [5, 5.41) is 12.0. The Labute approximate surface area is 173 Å². The van der Waals surface area contributed by atoms with E-state index in [2.05, 4.69) is 20.6 Å². The van der Waals surface area contributed by atoms with Gasteiger partial charge in [0.2, 0.25) is 0 Å². The molecule has 144 valence electrons. The first-order valence-corrected chi connectivity index (χ1v) is 9.49. The van der Waals surface area contributed by atoms with E-state index in [1.807, 2.05) is 61.5 Å². The predicted molar refractivity (Wildman–Crippen MR) is 112 cm³/mol. The lowest BCUT2D eigenvalue weighted by Crippen LogP contribution is -2.27. The summed E-state index contributed by atoms with van der Waals surface area (Å²) in [4.78, 5) is 17.2. The van der Waals surface area contributed by atoms with E-state index < -0.39 is 0 Å². The van der Waals surface area contributed by atoms with Crippen LogP contribution in [0, 0.1) is 0 Å². The second-order valence-corrected chi connectivity index (χ2v) is 6.96. The molecule has 6 nitrogen and oxygen atoms in total. The minimum Gasteiger partial charge on any atom is -0.344 e. The quantitative estimate of drug-likeness (QED) is 0.533. The number of rotatable bonds is 5. The zero-order chi connectivity index (χ0) is 20.2. The molecule has 0 spiro atoms. The maximum atomic E-state index is 13.1. The van der Waals surface area contributed by atoms with Gasteiger partial charge >= 0.3 is 0 Å². The van der Waals surface area contributed by atoms with Crippen LogP contribution in [-0.2, 0) is 0 Å². The average Bonchev–Trinajstić information content (AvgIpc) is 3.21. The number of carbonyl (C=O) groups is 1. The molecule has 0 aliphatic rings. The molecular weight excluding hydrogens is 386 g/mol. The molecule has 1 atom stereocenters. The summed E-state index contributed by atoms with van der Waals surface area (Å²) in [7, 11) is 0. The molecule has 4 rings (SSSR count). The molecule has 29 heavy (non-hydrogen) atoms. The third-order valence-corrected chi connectivity index (χ3v) is 4.79. The Hall–Kier alpha value is -3.51. The Morgan fingerprint density at radius 1 is 1.03 bits per heavy atom. The highest BCUT2D eigenvalue weighted by Crippen LogP contribution is 2.26. The van der Waals surface area contributed by atoms with E-state index in [1.165, 1.54) is 0 Å². The van der Waals surface area contributed by atoms with Crippen molar-refractivity contribution in [3.05, 3.63) is 95.4 Å². The van der Waals surface area contributed by atoms with Gasteiger partial charge in [0.1, 0.15) is 5.69 Å². The van der Waals surface area contributed by atoms with Crippen LogP contribution in [0.3, 0.4) is 0 Å². The fourth-order valence-corrected chi connectivity index (χ4v) is 3.18. The van der Waals surface area contributed by atoms with Crippen LogP contribution in [-0.4, -0.2) is 25.9 Å². The van der Waals surface area contributed by atoms with E-state index in [9.17, 15) is 4.79 Å². The fourth-order valence-electron chi connectivity index (χ4n) is 3.05. The molecule has 1 N–H and O–H groups in total. The minimum absolute atomic E-state index is 0.175. The SMILES string of the molecule is C[C@H](NC(=O)c1nnn(-c2ccc(Cl)cc2)c1-c1cccnc1)c1ccccc1. The maximum Gasteiger partial charge on any atom is 0.274 e. The van der Waals surface area contributed by atoms with Gasteiger partial charge in [-0.25, -0.2) is 4.68 Å². The summed E-state index contributed by atoms with van der Waals surface area (Å²) < 4.78 is 1.62. The van der Waals surface area contributed by atoms with Crippen LogP contribution in [0.15, 0.2) is 79.1 Å². The van der Waals surface area contributed by atoms with Crippen LogP contribution in [0.5, 0.6) is 0 Å².